The lowest BCUT2D eigenvalue weighted by Crippen LogP contribution is -2.41. The summed E-state index contributed by atoms with van der Waals surface area (Å²) in [5.74, 6) is -0.926. The summed E-state index contributed by atoms with van der Waals surface area (Å²) in [5.41, 5.74) is 1.82. The van der Waals surface area contributed by atoms with Gasteiger partial charge in [-0.15, -0.1) is 0 Å². The van der Waals surface area contributed by atoms with Crippen molar-refractivity contribution < 1.29 is 19.4 Å². The highest BCUT2D eigenvalue weighted by molar-refractivity contribution is 5.94. The highest BCUT2D eigenvalue weighted by Crippen LogP contribution is 2.16. The van der Waals surface area contributed by atoms with Gasteiger partial charge in [0.1, 0.15) is 6.61 Å². The lowest BCUT2D eigenvalue weighted by Gasteiger charge is -2.31. The number of amides is 1. The molecule has 1 aromatic carbocycles. The Morgan fingerprint density at radius 2 is 1.85 bits per heavy atom. The van der Waals surface area contributed by atoms with Gasteiger partial charge in [0.25, 0.3) is 5.91 Å². The number of aryl methyl sites for hydroxylation is 1. The molecule has 0 atom stereocenters. The van der Waals surface area contributed by atoms with Crippen LogP contribution in [0.1, 0.15) is 28.8 Å². The number of likely N-dealkylation sites (tertiary alicyclic amines) is 1. The Kier molecular flexibility index (Phi) is 4.74. The molecule has 1 aromatic rings. The van der Waals surface area contributed by atoms with Gasteiger partial charge < -0.3 is 14.7 Å². The zero-order chi connectivity index (χ0) is 14.5. The van der Waals surface area contributed by atoms with E-state index in [-0.39, 0.29) is 18.6 Å². The van der Waals surface area contributed by atoms with Crippen LogP contribution in [0.25, 0.3) is 0 Å². The van der Waals surface area contributed by atoms with E-state index in [0.717, 1.165) is 5.56 Å². The van der Waals surface area contributed by atoms with E-state index in [2.05, 4.69) is 0 Å². The third-order valence-corrected chi connectivity index (χ3v) is 3.47. The van der Waals surface area contributed by atoms with Crippen LogP contribution in [-0.2, 0) is 9.53 Å². The van der Waals surface area contributed by atoms with Gasteiger partial charge in [0.2, 0.25) is 0 Å². The van der Waals surface area contributed by atoms with Gasteiger partial charge in [0.15, 0.2) is 0 Å². The number of carbonyl (C=O) groups is 2. The highest BCUT2D eigenvalue weighted by Gasteiger charge is 2.24. The number of nitrogens with zero attached hydrogens (tertiary/aromatic N) is 1. The molecule has 108 valence electrons. The minimum absolute atomic E-state index is 0.0293. The molecule has 1 aliphatic rings. The maximum absolute atomic E-state index is 12.3. The monoisotopic (exact) mass is 277 g/mol. The molecule has 1 amide bonds. The molecule has 0 saturated carbocycles. The molecule has 1 fully saturated rings. The van der Waals surface area contributed by atoms with Crippen molar-refractivity contribution in [3.63, 3.8) is 0 Å². The van der Waals surface area contributed by atoms with Crippen LogP contribution in [0.2, 0.25) is 0 Å². The zero-order valence-corrected chi connectivity index (χ0v) is 11.5. The summed E-state index contributed by atoms with van der Waals surface area (Å²) in [6, 6.07) is 7.53. The number of carbonyl (C=O) groups excluding carboxylic acids is 1. The Bertz CT molecular complexity index is 475. The summed E-state index contributed by atoms with van der Waals surface area (Å²) in [7, 11) is 0. The summed E-state index contributed by atoms with van der Waals surface area (Å²) in [5, 5.41) is 8.57. The second-order valence-corrected chi connectivity index (χ2v) is 5.06. The normalized spacial score (nSPS) is 16.1. The highest BCUT2D eigenvalue weighted by atomic mass is 16.5. The third-order valence-electron chi connectivity index (χ3n) is 3.47. The number of carboxylic acids is 1. The van der Waals surface area contributed by atoms with Crippen molar-refractivity contribution in [3.05, 3.63) is 35.4 Å². The van der Waals surface area contributed by atoms with E-state index in [1.165, 1.54) is 0 Å². The van der Waals surface area contributed by atoms with Gasteiger partial charge in [-0.1, -0.05) is 17.7 Å². The zero-order valence-electron chi connectivity index (χ0n) is 11.5. The molecule has 20 heavy (non-hydrogen) atoms. The Balaban J connectivity index is 1.85. The van der Waals surface area contributed by atoms with E-state index in [9.17, 15) is 9.59 Å². The van der Waals surface area contributed by atoms with Crippen molar-refractivity contribution >= 4 is 11.9 Å². The molecule has 1 N–H and O–H groups in total. The van der Waals surface area contributed by atoms with Crippen LogP contribution < -0.4 is 0 Å². The first-order chi connectivity index (χ1) is 9.56. The third kappa shape index (κ3) is 3.81. The predicted molar refractivity (Wildman–Crippen MR) is 73.7 cm³/mol. The molecule has 0 unspecified atom stereocenters. The maximum atomic E-state index is 12.3. The summed E-state index contributed by atoms with van der Waals surface area (Å²) in [6.45, 7) is 2.93. The van der Waals surface area contributed by atoms with Gasteiger partial charge >= 0.3 is 5.97 Å². The van der Waals surface area contributed by atoms with Gasteiger partial charge in [0.05, 0.1) is 6.10 Å². The second-order valence-electron chi connectivity index (χ2n) is 5.06. The molecule has 1 saturated heterocycles. The topological polar surface area (TPSA) is 66.8 Å². The van der Waals surface area contributed by atoms with Crippen molar-refractivity contribution in [1.82, 2.24) is 4.90 Å². The van der Waals surface area contributed by atoms with Gasteiger partial charge in [-0.05, 0) is 31.9 Å². The lowest BCUT2D eigenvalue weighted by atomic mass is 10.1. The Morgan fingerprint density at radius 3 is 2.40 bits per heavy atom. The number of hydrogen-bond acceptors (Lipinski definition) is 3. The first-order valence-electron chi connectivity index (χ1n) is 6.75. The van der Waals surface area contributed by atoms with Gasteiger partial charge in [-0.2, -0.15) is 0 Å². The molecule has 5 nitrogen and oxygen atoms in total. The van der Waals surface area contributed by atoms with Crippen LogP contribution in [0.15, 0.2) is 24.3 Å². The van der Waals surface area contributed by atoms with Crippen molar-refractivity contribution in [2.24, 2.45) is 0 Å². The fourth-order valence-corrected chi connectivity index (χ4v) is 2.29. The van der Waals surface area contributed by atoms with Crippen LogP contribution in [0.3, 0.4) is 0 Å². The molecule has 0 aliphatic carbocycles. The van der Waals surface area contributed by atoms with E-state index in [1.807, 2.05) is 31.2 Å². The van der Waals surface area contributed by atoms with Crippen molar-refractivity contribution in [1.29, 1.82) is 0 Å². The van der Waals surface area contributed by atoms with Gasteiger partial charge in [-0.3, -0.25) is 4.79 Å². The average Bonchev–Trinajstić information content (AvgIpc) is 2.46. The number of piperidine rings is 1. The minimum atomic E-state index is -0.955. The molecule has 0 aromatic heterocycles. The number of carboxylic acid groups (broad SMARTS) is 1. The maximum Gasteiger partial charge on any atom is 0.329 e. The minimum Gasteiger partial charge on any atom is -0.480 e. The summed E-state index contributed by atoms with van der Waals surface area (Å²) >= 11 is 0. The van der Waals surface area contributed by atoms with Crippen LogP contribution in [0.5, 0.6) is 0 Å². The fourth-order valence-electron chi connectivity index (χ4n) is 2.29. The van der Waals surface area contributed by atoms with Crippen molar-refractivity contribution in [2.75, 3.05) is 19.7 Å². The van der Waals surface area contributed by atoms with Gasteiger partial charge in [-0.25, -0.2) is 4.79 Å². The molecular formula is C15H19NO4. The quantitative estimate of drug-likeness (QED) is 0.909. The molecule has 5 heteroatoms. The summed E-state index contributed by atoms with van der Waals surface area (Å²) in [4.78, 5) is 24.5. The number of ether oxygens (including phenoxy) is 1. The van der Waals surface area contributed by atoms with E-state index >= 15 is 0 Å². The van der Waals surface area contributed by atoms with E-state index < -0.39 is 5.97 Å². The molecule has 1 heterocycles. The Labute approximate surface area is 118 Å². The van der Waals surface area contributed by atoms with Gasteiger partial charge in [0, 0.05) is 18.7 Å². The molecule has 0 bridgehead atoms. The largest absolute Gasteiger partial charge is 0.480 e. The second kappa shape index (κ2) is 6.52. The van der Waals surface area contributed by atoms with E-state index in [0.29, 0.717) is 31.5 Å². The molecule has 2 rings (SSSR count). The molecule has 1 aliphatic heterocycles. The SMILES string of the molecule is Cc1ccc(C(=O)N2CCC(OCC(=O)O)CC2)cc1. The average molecular weight is 277 g/mol. The van der Waals surface area contributed by atoms with E-state index in [4.69, 9.17) is 9.84 Å². The summed E-state index contributed by atoms with van der Waals surface area (Å²) in [6.07, 6.45) is 1.31. The van der Waals surface area contributed by atoms with Crippen molar-refractivity contribution in [2.45, 2.75) is 25.9 Å². The number of hydrogen-bond donors (Lipinski definition) is 1. The fraction of sp³-hybridized carbons (Fsp3) is 0.467. The molecule has 0 radical (unpaired) electrons. The summed E-state index contributed by atoms with van der Waals surface area (Å²) < 4.78 is 5.26. The first kappa shape index (κ1) is 14.5. The lowest BCUT2D eigenvalue weighted by molar-refractivity contribution is -0.145. The first-order valence-corrected chi connectivity index (χ1v) is 6.75. The number of aliphatic carboxylic acids is 1. The standard InChI is InChI=1S/C15H19NO4/c1-11-2-4-12(5-3-11)15(19)16-8-6-13(7-9-16)20-10-14(17)18/h2-5,13H,6-10H2,1H3,(H,17,18). The Morgan fingerprint density at radius 1 is 1.25 bits per heavy atom. The number of benzene rings is 1. The van der Waals surface area contributed by atoms with Crippen molar-refractivity contribution in [3.8, 4) is 0 Å². The number of rotatable bonds is 4. The van der Waals surface area contributed by atoms with E-state index in [1.54, 1.807) is 4.90 Å². The smallest absolute Gasteiger partial charge is 0.329 e. The van der Waals surface area contributed by atoms with Crippen LogP contribution >= 0.6 is 0 Å². The molecular weight excluding hydrogens is 258 g/mol. The van der Waals surface area contributed by atoms with Crippen LogP contribution in [-0.4, -0.2) is 47.7 Å². The molecule has 0 spiro atoms. The predicted octanol–water partition coefficient (Wildman–Crippen LogP) is 1.70. The van der Waals surface area contributed by atoms with Crippen LogP contribution in [0, 0.1) is 6.92 Å². The van der Waals surface area contributed by atoms with Crippen LogP contribution in [0.4, 0.5) is 0 Å². The Hall–Kier alpha value is -1.88.